The minimum atomic E-state index is 0.895. The van der Waals surface area contributed by atoms with Gasteiger partial charge in [0.25, 0.3) is 0 Å². The fourth-order valence-electron chi connectivity index (χ4n) is 2.60. The van der Waals surface area contributed by atoms with Crippen LogP contribution in [0, 0.1) is 0 Å². The maximum absolute atomic E-state index is 3.53. The number of nitrogens with one attached hydrogen (secondary N) is 1. The van der Waals surface area contributed by atoms with E-state index in [9.17, 15) is 0 Å². The molecule has 0 fully saturated rings. The van der Waals surface area contributed by atoms with Gasteiger partial charge in [0.2, 0.25) is 0 Å². The summed E-state index contributed by atoms with van der Waals surface area (Å²) in [4.78, 5) is 0. The van der Waals surface area contributed by atoms with Gasteiger partial charge in [-0.2, -0.15) is 0 Å². The summed E-state index contributed by atoms with van der Waals surface area (Å²) in [6.07, 6.45) is 2.17. The average molecular weight is 329 g/mol. The molecule has 0 radical (unpaired) electrons. The molecule has 0 saturated carbocycles. The molecule has 0 spiro atoms. The molecule has 1 aromatic heterocycles. The molecule has 0 aliphatic heterocycles. The van der Waals surface area contributed by atoms with E-state index in [2.05, 4.69) is 80.5 Å². The minimum Gasteiger partial charge on any atom is -0.343 e. The maximum atomic E-state index is 3.53. The van der Waals surface area contributed by atoms with E-state index in [1.807, 2.05) is 7.05 Å². The zero-order valence-corrected chi connectivity index (χ0v) is 13.0. The monoisotopic (exact) mass is 328 g/mol. The molecule has 1 heterocycles. The van der Waals surface area contributed by atoms with E-state index in [0.29, 0.717) is 0 Å². The molecule has 0 unspecified atom stereocenters. The van der Waals surface area contributed by atoms with Gasteiger partial charge in [-0.15, -0.1) is 0 Å². The second-order valence-electron chi connectivity index (χ2n) is 4.95. The number of fused-ring (bicyclic) bond motifs is 1. The molecule has 0 aliphatic rings. The van der Waals surface area contributed by atoms with Gasteiger partial charge in [0, 0.05) is 34.7 Å². The minimum absolute atomic E-state index is 0.895. The first-order valence-electron chi connectivity index (χ1n) is 6.74. The lowest BCUT2D eigenvalue weighted by atomic mass is 10.1. The average Bonchev–Trinajstić information content (AvgIpc) is 2.84. The SMILES string of the molecule is CNCc1cccc2c1ccn2Cc1cccc(Br)c1. The molecular weight excluding hydrogens is 312 g/mol. The van der Waals surface area contributed by atoms with E-state index in [-0.39, 0.29) is 0 Å². The highest BCUT2D eigenvalue weighted by atomic mass is 79.9. The molecular formula is C17H17BrN2. The highest BCUT2D eigenvalue weighted by molar-refractivity contribution is 9.10. The second kappa shape index (κ2) is 5.81. The van der Waals surface area contributed by atoms with E-state index in [0.717, 1.165) is 17.6 Å². The van der Waals surface area contributed by atoms with Crippen LogP contribution in [0.5, 0.6) is 0 Å². The summed E-state index contributed by atoms with van der Waals surface area (Å²) >= 11 is 3.53. The molecule has 0 amide bonds. The second-order valence-corrected chi connectivity index (χ2v) is 5.87. The first-order valence-corrected chi connectivity index (χ1v) is 7.53. The Labute approximate surface area is 127 Å². The first-order chi connectivity index (χ1) is 9.78. The van der Waals surface area contributed by atoms with Crippen molar-refractivity contribution in [1.29, 1.82) is 0 Å². The Morgan fingerprint density at radius 3 is 2.75 bits per heavy atom. The normalized spacial score (nSPS) is 11.1. The van der Waals surface area contributed by atoms with Crippen LogP contribution in [0.2, 0.25) is 0 Å². The van der Waals surface area contributed by atoms with Crippen molar-refractivity contribution in [2.24, 2.45) is 0 Å². The molecule has 0 aliphatic carbocycles. The van der Waals surface area contributed by atoms with E-state index in [1.54, 1.807) is 0 Å². The summed E-state index contributed by atoms with van der Waals surface area (Å²) in [5.41, 5.74) is 3.94. The van der Waals surface area contributed by atoms with Crippen molar-refractivity contribution >= 4 is 26.8 Å². The van der Waals surface area contributed by atoms with E-state index < -0.39 is 0 Å². The van der Waals surface area contributed by atoms with Gasteiger partial charge in [-0.1, -0.05) is 40.2 Å². The summed E-state index contributed by atoms with van der Waals surface area (Å²) in [7, 11) is 1.98. The van der Waals surface area contributed by atoms with Crippen LogP contribution < -0.4 is 5.32 Å². The van der Waals surface area contributed by atoms with Crippen LogP contribution in [-0.2, 0) is 13.1 Å². The van der Waals surface area contributed by atoms with E-state index >= 15 is 0 Å². The summed E-state index contributed by atoms with van der Waals surface area (Å²) in [6, 6.07) is 17.2. The number of nitrogens with zero attached hydrogens (tertiary/aromatic N) is 1. The standard InChI is InChI=1S/C17H17BrN2/c1-19-11-14-5-3-7-17-16(14)8-9-20(17)12-13-4-2-6-15(18)10-13/h2-10,19H,11-12H2,1H3. The third kappa shape index (κ3) is 2.65. The number of aromatic nitrogens is 1. The van der Waals surface area contributed by atoms with E-state index in [1.165, 1.54) is 22.0 Å². The van der Waals surface area contributed by atoms with Crippen molar-refractivity contribution in [3.8, 4) is 0 Å². The lowest BCUT2D eigenvalue weighted by molar-refractivity contribution is 0.821. The highest BCUT2D eigenvalue weighted by Gasteiger charge is 2.05. The van der Waals surface area contributed by atoms with Crippen molar-refractivity contribution in [3.63, 3.8) is 0 Å². The largest absolute Gasteiger partial charge is 0.343 e. The lowest BCUT2D eigenvalue weighted by Gasteiger charge is -2.08. The number of benzene rings is 2. The summed E-state index contributed by atoms with van der Waals surface area (Å²) in [5.74, 6) is 0. The third-order valence-corrected chi connectivity index (χ3v) is 4.01. The van der Waals surface area contributed by atoms with Gasteiger partial charge in [-0.05, 0) is 42.4 Å². The Morgan fingerprint density at radius 2 is 1.95 bits per heavy atom. The molecule has 0 saturated heterocycles. The van der Waals surface area contributed by atoms with Crippen LogP contribution in [0.25, 0.3) is 10.9 Å². The van der Waals surface area contributed by atoms with Gasteiger partial charge in [0.1, 0.15) is 0 Å². The van der Waals surface area contributed by atoms with Crippen LogP contribution in [0.4, 0.5) is 0 Å². The molecule has 0 atom stereocenters. The van der Waals surface area contributed by atoms with Crippen molar-refractivity contribution in [2.45, 2.75) is 13.1 Å². The Kier molecular flexibility index (Phi) is 3.90. The molecule has 102 valence electrons. The zero-order valence-electron chi connectivity index (χ0n) is 11.4. The Bertz CT molecular complexity index is 731. The van der Waals surface area contributed by atoms with Crippen molar-refractivity contribution in [1.82, 2.24) is 9.88 Å². The first kappa shape index (κ1) is 13.4. The summed E-state index contributed by atoms with van der Waals surface area (Å²) in [5, 5.41) is 4.56. The van der Waals surface area contributed by atoms with Gasteiger partial charge >= 0.3 is 0 Å². The zero-order chi connectivity index (χ0) is 13.9. The van der Waals surface area contributed by atoms with Crippen LogP contribution in [0.1, 0.15) is 11.1 Å². The van der Waals surface area contributed by atoms with Crippen molar-refractivity contribution < 1.29 is 0 Å². The van der Waals surface area contributed by atoms with Crippen molar-refractivity contribution in [3.05, 3.63) is 70.3 Å². The molecule has 3 aromatic rings. The Balaban J connectivity index is 1.98. The predicted molar refractivity (Wildman–Crippen MR) is 87.9 cm³/mol. The smallest absolute Gasteiger partial charge is 0.0486 e. The molecule has 1 N–H and O–H groups in total. The van der Waals surface area contributed by atoms with Gasteiger partial charge in [0.15, 0.2) is 0 Å². The number of halogens is 1. The fourth-order valence-corrected chi connectivity index (χ4v) is 3.05. The van der Waals surface area contributed by atoms with E-state index in [4.69, 9.17) is 0 Å². The van der Waals surface area contributed by atoms with Gasteiger partial charge < -0.3 is 9.88 Å². The fraction of sp³-hybridized carbons (Fsp3) is 0.176. The maximum Gasteiger partial charge on any atom is 0.0486 e. The van der Waals surface area contributed by atoms with Crippen molar-refractivity contribution in [2.75, 3.05) is 7.05 Å². The molecule has 3 heteroatoms. The summed E-state index contributed by atoms with van der Waals surface area (Å²) in [6.45, 7) is 1.80. The topological polar surface area (TPSA) is 17.0 Å². The number of hydrogen-bond acceptors (Lipinski definition) is 1. The predicted octanol–water partition coefficient (Wildman–Crippen LogP) is 4.17. The number of rotatable bonds is 4. The van der Waals surface area contributed by atoms with Gasteiger partial charge in [-0.25, -0.2) is 0 Å². The summed E-state index contributed by atoms with van der Waals surface area (Å²) < 4.78 is 3.43. The van der Waals surface area contributed by atoms with Crippen LogP contribution in [0.3, 0.4) is 0 Å². The van der Waals surface area contributed by atoms with Crippen LogP contribution in [-0.4, -0.2) is 11.6 Å². The highest BCUT2D eigenvalue weighted by Crippen LogP contribution is 2.22. The van der Waals surface area contributed by atoms with Gasteiger partial charge in [-0.3, -0.25) is 0 Å². The lowest BCUT2D eigenvalue weighted by Crippen LogP contribution is -2.05. The molecule has 2 aromatic carbocycles. The quantitative estimate of drug-likeness (QED) is 0.760. The molecule has 20 heavy (non-hydrogen) atoms. The third-order valence-electron chi connectivity index (χ3n) is 3.51. The molecule has 2 nitrogen and oxygen atoms in total. The Morgan fingerprint density at radius 1 is 1.10 bits per heavy atom. The molecule has 3 rings (SSSR count). The van der Waals surface area contributed by atoms with Gasteiger partial charge in [0.05, 0.1) is 0 Å². The van der Waals surface area contributed by atoms with Crippen LogP contribution >= 0.6 is 15.9 Å². The molecule has 0 bridgehead atoms. The Hall–Kier alpha value is -1.58. The number of hydrogen-bond donors (Lipinski definition) is 1. The van der Waals surface area contributed by atoms with Crippen LogP contribution in [0.15, 0.2) is 59.2 Å².